The van der Waals surface area contributed by atoms with Gasteiger partial charge in [-0.1, -0.05) is 0 Å². The molecule has 0 aliphatic carbocycles. The van der Waals surface area contributed by atoms with Crippen LogP contribution in [0.3, 0.4) is 0 Å². The Bertz CT molecular complexity index is 379. The van der Waals surface area contributed by atoms with E-state index in [0.717, 1.165) is 0 Å². The molecule has 88 valence electrons. The zero-order valence-corrected chi connectivity index (χ0v) is 8.46. The van der Waals surface area contributed by atoms with Crippen molar-refractivity contribution in [1.82, 2.24) is 0 Å². The number of aliphatic hydroxyl groups excluding tert-OH is 2. The van der Waals surface area contributed by atoms with Crippen molar-refractivity contribution in [1.29, 1.82) is 0 Å². The summed E-state index contributed by atoms with van der Waals surface area (Å²) in [5.74, 6) is -0.917. The number of rotatable bonds is 5. The predicted molar refractivity (Wildman–Crippen MR) is 56.4 cm³/mol. The Hall–Kier alpha value is -1.79. The van der Waals surface area contributed by atoms with Crippen LogP contribution < -0.4 is 10.5 Å². The highest BCUT2D eigenvalue weighted by Crippen LogP contribution is 2.22. The van der Waals surface area contributed by atoms with Gasteiger partial charge in [-0.05, 0) is 18.2 Å². The van der Waals surface area contributed by atoms with Gasteiger partial charge in [-0.15, -0.1) is 0 Å². The molecule has 0 aromatic heterocycles. The summed E-state index contributed by atoms with van der Waals surface area (Å²) in [7, 11) is 0. The maximum absolute atomic E-state index is 10.7. The Balaban J connectivity index is 2.78. The van der Waals surface area contributed by atoms with Gasteiger partial charge in [-0.25, -0.2) is 4.79 Å². The van der Waals surface area contributed by atoms with Crippen LogP contribution in [0.25, 0.3) is 0 Å². The fraction of sp³-hybridized carbons (Fsp3) is 0.300. The highest BCUT2D eigenvalue weighted by atomic mass is 16.5. The van der Waals surface area contributed by atoms with Crippen molar-refractivity contribution in [3.8, 4) is 5.75 Å². The van der Waals surface area contributed by atoms with E-state index in [1.807, 2.05) is 0 Å². The minimum atomic E-state index is -1.09. The second-order valence-corrected chi connectivity index (χ2v) is 3.21. The Morgan fingerprint density at radius 2 is 2.19 bits per heavy atom. The Labute approximate surface area is 91.9 Å². The first-order valence-electron chi connectivity index (χ1n) is 4.59. The maximum Gasteiger partial charge on any atom is 0.335 e. The average Bonchev–Trinajstić information content (AvgIpc) is 2.27. The number of carbonyl (C=O) groups is 1. The molecule has 0 fully saturated rings. The number of nitrogen functional groups attached to an aromatic ring is 1. The summed E-state index contributed by atoms with van der Waals surface area (Å²) in [6, 6.07) is 4.03. The standard InChI is InChI=1S/C10H13NO5/c11-8-2-1-6(10(14)15)3-9(8)16-5-7(13)4-12/h1-3,7,12-13H,4-5,11H2,(H,14,15). The van der Waals surface area contributed by atoms with Gasteiger partial charge in [0.05, 0.1) is 17.9 Å². The number of carboxylic acid groups (broad SMARTS) is 1. The fourth-order valence-corrected chi connectivity index (χ4v) is 1.03. The van der Waals surface area contributed by atoms with Crippen molar-refractivity contribution in [3.05, 3.63) is 23.8 Å². The highest BCUT2D eigenvalue weighted by Gasteiger charge is 2.09. The maximum atomic E-state index is 10.7. The molecule has 6 heteroatoms. The molecule has 1 atom stereocenters. The number of benzene rings is 1. The number of hydrogen-bond acceptors (Lipinski definition) is 5. The van der Waals surface area contributed by atoms with E-state index < -0.39 is 18.7 Å². The zero-order chi connectivity index (χ0) is 12.1. The van der Waals surface area contributed by atoms with Crippen LogP contribution in [0, 0.1) is 0 Å². The van der Waals surface area contributed by atoms with E-state index in [1.165, 1.54) is 18.2 Å². The lowest BCUT2D eigenvalue weighted by Crippen LogP contribution is -2.21. The number of anilines is 1. The number of aliphatic hydroxyl groups is 2. The molecule has 0 heterocycles. The lowest BCUT2D eigenvalue weighted by atomic mass is 10.2. The van der Waals surface area contributed by atoms with Crippen molar-refractivity contribution >= 4 is 11.7 Å². The van der Waals surface area contributed by atoms with Crippen molar-refractivity contribution in [2.24, 2.45) is 0 Å². The third-order valence-corrected chi connectivity index (χ3v) is 1.90. The van der Waals surface area contributed by atoms with Gasteiger partial charge in [-0.3, -0.25) is 0 Å². The van der Waals surface area contributed by atoms with Crippen molar-refractivity contribution in [2.45, 2.75) is 6.10 Å². The topological polar surface area (TPSA) is 113 Å². The van der Waals surface area contributed by atoms with E-state index in [9.17, 15) is 4.79 Å². The van der Waals surface area contributed by atoms with E-state index in [-0.39, 0.29) is 23.6 Å². The Kier molecular flexibility index (Phi) is 4.10. The molecule has 0 saturated carbocycles. The summed E-state index contributed by atoms with van der Waals surface area (Å²) in [4.78, 5) is 10.7. The molecular formula is C10H13NO5. The summed E-state index contributed by atoms with van der Waals surface area (Å²) in [5.41, 5.74) is 5.87. The number of aromatic carboxylic acids is 1. The number of carboxylic acids is 1. The fourth-order valence-electron chi connectivity index (χ4n) is 1.03. The van der Waals surface area contributed by atoms with Crippen LogP contribution in [0.15, 0.2) is 18.2 Å². The van der Waals surface area contributed by atoms with Crippen molar-refractivity contribution in [2.75, 3.05) is 18.9 Å². The summed E-state index contributed by atoms with van der Waals surface area (Å²) in [6.07, 6.45) is -1.02. The second kappa shape index (κ2) is 5.34. The molecule has 1 aromatic rings. The largest absolute Gasteiger partial charge is 0.489 e. The molecule has 5 N–H and O–H groups in total. The Morgan fingerprint density at radius 3 is 2.75 bits per heavy atom. The van der Waals surface area contributed by atoms with Gasteiger partial charge in [0.25, 0.3) is 0 Å². The van der Waals surface area contributed by atoms with E-state index in [4.69, 9.17) is 25.8 Å². The second-order valence-electron chi connectivity index (χ2n) is 3.21. The molecular weight excluding hydrogens is 214 g/mol. The van der Waals surface area contributed by atoms with Crippen LogP contribution in [0.2, 0.25) is 0 Å². The molecule has 0 aliphatic rings. The minimum absolute atomic E-state index is 0.0442. The first-order valence-corrected chi connectivity index (χ1v) is 4.59. The average molecular weight is 227 g/mol. The van der Waals surface area contributed by atoms with Gasteiger partial charge < -0.3 is 25.8 Å². The van der Waals surface area contributed by atoms with Crippen molar-refractivity contribution in [3.63, 3.8) is 0 Å². The van der Waals surface area contributed by atoms with Gasteiger partial charge in [0.2, 0.25) is 0 Å². The molecule has 1 unspecified atom stereocenters. The van der Waals surface area contributed by atoms with Crippen LogP contribution >= 0.6 is 0 Å². The van der Waals surface area contributed by atoms with Gasteiger partial charge >= 0.3 is 5.97 Å². The van der Waals surface area contributed by atoms with Crippen molar-refractivity contribution < 1.29 is 24.9 Å². The molecule has 0 amide bonds. The summed E-state index contributed by atoms with van der Waals surface area (Å²) < 4.78 is 5.08. The van der Waals surface area contributed by atoms with Crippen LogP contribution in [0.4, 0.5) is 5.69 Å². The van der Waals surface area contributed by atoms with Gasteiger partial charge in [-0.2, -0.15) is 0 Å². The molecule has 6 nitrogen and oxygen atoms in total. The van der Waals surface area contributed by atoms with E-state index >= 15 is 0 Å². The normalized spacial score (nSPS) is 12.1. The summed E-state index contributed by atoms with van der Waals surface area (Å²) in [5, 5.41) is 26.4. The molecule has 0 spiro atoms. The predicted octanol–water partition coefficient (Wildman–Crippen LogP) is -0.301. The SMILES string of the molecule is Nc1ccc(C(=O)O)cc1OCC(O)CO. The molecule has 1 aromatic carbocycles. The third kappa shape index (κ3) is 3.11. The molecule has 0 aliphatic heterocycles. The molecule has 1 rings (SSSR count). The van der Waals surface area contributed by atoms with Gasteiger partial charge in [0.1, 0.15) is 18.5 Å². The smallest absolute Gasteiger partial charge is 0.335 e. The minimum Gasteiger partial charge on any atom is -0.489 e. The van der Waals surface area contributed by atoms with Crippen LogP contribution in [0.1, 0.15) is 10.4 Å². The molecule has 0 bridgehead atoms. The monoisotopic (exact) mass is 227 g/mol. The lowest BCUT2D eigenvalue weighted by Gasteiger charge is -2.12. The number of hydrogen-bond donors (Lipinski definition) is 4. The third-order valence-electron chi connectivity index (χ3n) is 1.90. The number of nitrogens with two attached hydrogens (primary N) is 1. The Morgan fingerprint density at radius 1 is 1.50 bits per heavy atom. The van der Waals surface area contributed by atoms with Crippen LogP contribution in [0.5, 0.6) is 5.75 Å². The first kappa shape index (κ1) is 12.3. The first-order chi connectivity index (χ1) is 7.54. The van der Waals surface area contributed by atoms with E-state index in [0.29, 0.717) is 0 Å². The molecule has 0 radical (unpaired) electrons. The summed E-state index contributed by atoms with van der Waals surface area (Å²) in [6.45, 7) is -0.581. The summed E-state index contributed by atoms with van der Waals surface area (Å²) >= 11 is 0. The van der Waals surface area contributed by atoms with E-state index in [2.05, 4.69) is 0 Å². The van der Waals surface area contributed by atoms with Gasteiger partial charge in [0.15, 0.2) is 0 Å². The lowest BCUT2D eigenvalue weighted by molar-refractivity contribution is 0.0537. The quantitative estimate of drug-likeness (QED) is 0.513. The van der Waals surface area contributed by atoms with Gasteiger partial charge in [0, 0.05) is 0 Å². The number of ether oxygens (including phenoxy) is 1. The highest BCUT2D eigenvalue weighted by molar-refractivity contribution is 5.89. The molecule has 0 saturated heterocycles. The zero-order valence-electron chi connectivity index (χ0n) is 8.46. The van der Waals surface area contributed by atoms with Crippen LogP contribution in [-0.2, 0) is 0 Å². The molecule has 16 heavy (non-hydrogen) atoms. The van der Waals surface area contributed by atoms with E-state index in [1.54, 1.807) is 0 Å². The van der Waals surface area contributed by atoms with Crippen LogP contribution in [-0.4, -0.2) is 40.6 Å².